The third kappa shape index (κ3) is 1.53. The van der Waals surface area contributed by atoms with Gasteiger partial charge >= 0.3 is 5.97 Å². The van der Waals surface area contributed by atoms with Crippen LogP contribution in [0.1, 0.15) is 19.8 Å². The van der Waals surface area contributed by atoms with Crippen molar-refractivity contribution in [2.24, 2.45) is 0 Å². The topological polar surface area (TPSA) is 40.5 Å². The van der Waals surface area contributed by atoms with Crippen molar-refractivity contribution < 1.29 is 9.90 Å². The van der Waals surface area contributed by atoms with Gasteiger partial charge in [0.2, 0.25) is 0 Å². The van der Waals surface area contributed by atoms with Crippen molar-refractivity contribution >= 4 is 5.97 Å². The van der Waals surface area contributed by atoms with Crippen LogP contribution in [0.3, 0.4) is 0 Å². The van der Waals surface area contributed by atoms with Crippen molar-refractivity contribution in [2.45, 2.75) is 25.8 Å². The van der Waals surface area contributed by atoms with Crippen LogP contribution >= 0.6 is 0 Å². The number of carbonyl (C=O) groups is 1. The highest BCUT2D eigenvalue weighted by Crippen LogP contribution is 2.20. The van der Waals surface area contributed by atoms with Gasteiger partial charge in [-0.1, -0.05) is 6.58 Å². The summed E-state index contributed by atoms with van der Waals surface area (Å²) in [5, 5.41) is 8.75. The lowest BCUT2D eigenvalue weighted by Gasteiger charge is -2.22. The molecular formula is C8H13NO2. The Morgan fingerprint density at radius 1 is 1.73 bits per heavy atom. The van der Waals surface area contributed by atoms with E-state index in [9.17, 15) is 4.79 Å². The molecule has 0 spiro atoms. The van der Waals surface area contributed by atoms with Crippen LogP contribution in [0, 0.1) is 0 Å². The summed E-state index contributed by atoms with van der Waals surface area (Å²) in [6.07, 6.45) is 1.71. The largest absolute Gasteiger partial charge is 0.480 e. The lowest BCUT2D eigenvalue weighted by molar-refractivity contribution is -0.141. The zero-order valence-electron chi connectivity index (χ0n) is 6.71. The SMILES string of the molecule is C=C(C)N1CCCC1C(=O)O. The zero-order chi connectivity index (χ0) is 8.43. The van der Waals surface area contributed by atoms with Gasteiger partial charge < -0.3 is 10.0 Å². The van der Waals surface area contributed by atoms with E-state index in [0.717, 1.165) is 25.1 Å². The molecule has 0 aromatic rings. The van der Waals surface area contributed by atoms with E-state index in [0.29, 0.717) is 0 Å². The minimum absolute atomic E-state index is 0.326. The van der Waals surface area contributed by atoms with Gasteiger partial charge in [-0.25, -0.2) is 4.79 Å². The quantitative estimate of drug-likeness (QED) is 0.648. The van der Waals surface area contributed by atoms with Crippen LogP contribution in [-0.2, 0) is 4.79 Å². The third-order valence-electron chi connectivity index (χ3n) is 2.03. The lowest BCUT2D eigenvalue weighted by atomic mass is 10.2. The van der Waals surface area contributed by atoms with Crippen LogP contribution < -0.4 is 0 Å². The molecule has 0 aromatic carbocycles. The van der Waals surface area contributed by atoms with Gasteiger partial charge in [0.25, 0.3) is 0 Å². The second-order valence-corrected chi connectivity index (χ2v) is 2.92. The van der Waals surface area contributed by atoms with Crippen LogP contribution in [0.25, 0.3) is 0 Å². The van der Waals surface area contributed by atoms with Crippen molar-refractivity contribution in [3.05, 3.63) is 12.3 Å². The molecule has 11 heavy (non-hydrogen) atoms. The summed E-state index contributed by atoms with van der Waals surface area (Å²) in [4.78, 5) is 12.5. The summed E-state index contributed by atoms with van der Waals surface area (Å²) in [5.74, 6) is -0.731. The first-order chi connectivity index (χ1) is 5.13. The fourth-order valence-electron chi connectivity index (χ4n) is 1.48. The van der Waals surface area contributed by atoms with Crippen LogP contribution in [0.2, 0.25) is 0 Å². The summed E-state index contributed by atoms with van der Waals surface area (Å²) in [7, 11) is 0. The van der Waals surface area contributed by atoms with Gasteiger partial charge in [-0.05, 0) is 19.8 Å². The summed E-state index contributed by atoms with van der Waals surface area (Å²) in [6, 6.07) is -0.326. The van der Waals surface area contributed by atoms with Crippen LogP contribution in [0.4, 0.5) is 0 Å². The molecule has 0 aliphatic carbocycles. The van der Waals surface area contributed by atoms with E-state index in [4.69, 9.17) is 5.11 Å². The molecule has 1 heterocycles. The van der Waals surface area contributed by atoms with E-state index in [2.05, 4.69) is 6.58 Å². The molecular weight excluding hydrogens is 142 g/mol. The van der Waals surface area contributed by atoms with Gasteiger partial charge in [-0.15, -0.1) is 0 Å². The Bertz CT molecular complexity index is 169. The summed E-state index contributed by atoms with van der Waals surface area (Å²) in [5.41, 5.74) is 0.856. The van der Waals surface area contributed by atoms with E-state index < -0.39 is 5.97 Å². The van der Waals surface area contributed by atoms with E-state index in [-0.39, 0.29) is 6.04 Å². The standard InChI is InChI=1S/C8H13NO2/c1-6(2)9-5-3-4-7(9)8(10)11/h7H,1,3-5H2,2H3,(H,10,11). The molecule has 0 radical (unpaired) electrons. The lowest BCUT2D eigenvalue weighted by Crippen LogP contribution is -2.34. The van der Waals surface area contributed by atoms with Gasteiger partial charge in [-0.3, -0.25) is 0 Å². The summed E-state index contributed by atoms with van der Waals surface area (Å²) < 4.78 is 0. The number of hydrogen-bond donors (Lipinski definition) is 1. The van der Waals surface area contributed by atoms with Crippen molar-refractivity contribution in [3.63, 3.8) is 0 Å². The molecule has 0 amide bonds. The van der Waals surface area contributed by atoms with E-state index in [1.165, 1.54) is 0 Å². The molecule has 1 N–H and O–H groups in total. The molecule has 1 unspecified atom stereocenters. The maximum atomic E-state index is 10.6. The van der Waals surface area contributed by atoms with E-state index in [1.807, 2.05) is 11.8 Å². The summed E-state index contributed by atoms with van der Waals surface area (Å²) in [6.45, 7) is 6.42. The Balaban J connectivity index is 2.65. The molecule has 62 valence electrons. The highest BCUT2D eigenvalue weighted by Gasteiger charge is 2.29. The number of nitrogens with zero attached hydrogens (tertiary/aromatic N) is 1. The Morgan fingerprint density at radius 2 is 2.36 bits per heavy atom. The second-order valence-electron chi connectivity index (χ2n) is 2.92. The zero-order valence-corrected chi connectivity index (χ0v) is 6.71. The molecule has 0 bridgehead atoms. The van der Waals surface area contributed by atoms with E-state index >= 15 is 0 Å². The maximum Gasteiger partial charge on any atom is 0.326 e. The van der Waals surface area contributed by atoms with Gasteiger partial charge in [-0.2, -0.15) is 0 Å². The molecule has 1 saturated heterocycles. The van der Waals surface area contributed by atoms with Crippen LogP contribution in [-0.4, -0.2) is 28.6 Å². The van der Waals surface area contributed by atoms with Crippen LogP contribution in [0.15, 0.2) is 12.3 Å². The molecule has 1 atom stereocenters. The van der Waals surface area contributed by atoms with Gasteiger partial charge in [0.05, 0.1) is 0 Å². The molecule has 0 aromatic heterocycles. The third-order valence-corrected chi connectivity index (χ3v) is 2.03. The smallest absolute Gasteiger partial charge is 0.326 e. The van der Waals surface area contributed by atoms with Gasteiger partial charge in [0, 0.05) is 12.2 Å². The predicted octanol–water partition coefficient (Wildman–Crippen LogP) is 1.07. The number of rotatable bonds is 2. The minimum Gasteiger partial charge on any atom is -0.480 e. The van der Waals surface area contributed by atoms with Crippen LogP contribution in [0.5, 0.6) is 0 Å². The van der Waals surface area contributed by atoms with Crippen molar-refractivity contribution in [1.82, 2.24) is 4.90 Å². The van der Waals surface area contributed by atoms with Gasteiger partial charge in [0.15, 0.2) is 0 Å². The molecule has 3 heteroatoms. The average Bonchev–Trinajstić information content (AvgIpc) is 2.32. The first-order valence-electron chi connectivity index (χ1n) is 3.78. The number of aliphatic carboxylic acids is 1. The Morgan fingerprint density at radius 3 is 2.73 bits per heavy atom. The van der Waals surface area contributed by atoms with Crippen molar-refractivity contribution in [2.75, 3.05) is 6.54 Å². The molecule has 1 rings (SSSR count). The number of carboxylic acids is 1. The normalized spacial score (nSPS) is 23.7. The summed E-state index contributed by atoms with van der Waals surface area (Å²) >= 11 is 0. The average molecular weight is 155 g/mol. The number of hydrogen-bond acceptors (Lipinski definition) is 2. The molecule has 1 aliphatic heterocycles. The van der Waals surface area contributed by atoms with Crippen molar-refractivity contribution in [1.29, 1.82) is 0 Å². The Hall–Kier alpha value is -0.990. The van der Waals surface area contributed by atoms with E-state index in [1.54, 1.807) is 0 Å². The number of allylic oxidation sites excluding steroid dienone is 1. The highest BCUT2D eigenvalue weighted by atomic mass is 16.4. The highest BCUT2D eigenvalue weighted by molar-refractivity contribution is 5.74. The first-order valence-corrected chi connectivity index (χ1v) is 3.78. The maximum absolute atomic E-state index is 10.6. The fraction of sp³-hybridized carbons (Fsp3) is 0.625. The minimum atomic E-state index is -0.731. The number of carboxylic acid groups (broad SMARTS) is 1. The van der Waals surface area contributed by atoms with Gasteiger partial charge in [0.1, 0.15) is 6.04 Å². The Labute approximate surface area is 66.3 Å². The second kappa shape index (κ2) is 2.95. The van der Waals surface area contributed by atoms with Crippen molar-refractivity contribution in [3.8, 4) is 0 Å². The first kappa shape index (κ1) is 8.11. The molecule has 1 aliphatic rings. The Kier molecular flexibility index (Phi) is 2.17. The monoisotopic (exact) mass is 155 g/mol. The fourth-order valence-corrected chi connectivity index (χ4v) is 1.48. The number of likely N-dealkylation sites (tertiary alicyclic amines) is 1. The predicted molar refractivity (Wildman–Crippen MR) is 42.2 cm³/mol. The molecule has 1 fully saturated rings. The molecule has 3 nitrogen and oxygen atoms in total. The molecule has 0 saturated carbocycles.